The van der Waals surface area contributed by atoms with Crippen LogP contribution in [0.3, 0.4) is 0 Å². The second kappa shape index (κ2) is 9.89. The average molecular weight is 418 g/mol. The minimum atomic E-state index is -3.81. The highest BCUT2D eigenvalue weighted by atomic mass is 32.2. The largest absolute Gasteiger partial charge is 0.337 e. The van der Waals surface area contributed by atoms with Crippen LogP contribution in [0.25, 0.3) is 0 Å². The molecule has 0 aliphatic rings. The molecule has 29 heavy (non-hydrogen) atoms. The number of carbonyl (C=O) groups is 1. The summed E-state index contributed by atoms with van der Waals surface area (Å²) >= 11 is 0. The Balaban J connectivity index is 2.31. The summed E-state index contributed by atoms with van der Waals surface area (Å²) in [7, 11) is 0.115. The summed E-state index contributed by atoms with van der Waals surface area (Å²) in [5, 5.41) is 0. The highest BCUT2D eigenvalue weighted by Crippen LogP contribution is 2.22. The van der Waals surface area contributed by atoms with Crippen LogP contribution in [-0.2, 0) is 10.0 Å². The lowest BCUT2D eigenvalue weighted by molar-refractivity contribution is 0.0744. The Labute approximate surface area is 174 Å². The Morgan fingerprint density at radius 1 is 0.966 bits per heavy atom. The van der Waals surface area contributed by atoms with E-state index in [2.05, 4.69) is 4.72 Å². The number of hydrogen-bond donors (Lipinski definition) is 1. The number of sulfonamides is 1. The lowest BCUT2D eigenvalue weighted by Crippen LogP contribution is -2.37. The second-order valence-corrected chi connectivity index (χ2v) is 9.20. The van der Waals surface area contributed by atoms with Crippen LogP contribution in [0.15, 0.2) is 47.4 Å². The van der Waals surface area contributed by atoms with Crippen molar-refractivity contribution in [2.24, 2.45) is 0 Å². The summed E-state index contributed by atoms with van der Waals surface area (Å²) < 4.78 is 28.5. The fraction of sp³-hybridized carbons (Fsp3) is 0.409. The van der Waals surface area contributed by atoms with E-state index in [1.165, 1.54) is 6.07 Å². The van der Waals surface area contributed by atoms with Crippen molar-refractivity contribution in [3.63, 3.8) is 0 Å². The van der Waals surface area contributed by atoms with E-state index < -0.39 is 10.0 Å². The summed E-state index contributed by atoms with van der Waals surface area (Å²) in [6.45, 7) is 7.66. The van der Waals surface area contributed by atoms with Crippen molar-refractivity contribution >= 4 is 21.6 Å². The van der Waals surface area contributed by atoms with Crippen LogP contribution in [-0.4, -0.2) is 57.9 Å². The molecule has 6 nitrogen and oxygen atoms in total. The molecule has 2 aromatic rings. The number of benzene rings is 2. The Morgan fingerprint density at radius 3 is 2.21 bits per heavy atom. The molecule has 1 amide bonds. The van der Waals surface area contributed by atoms with Crippen molar-refractivity contribution in [1.29, 1.82) is 0 Å². The number of carbonyl (C=O) groups excluding carboxylic acids is 1. The van der Waals surface area contributed by atoms with Gasteiger partial charge in [0.2, 0.25) is 0 Å². The molecule has 0 saturated heterocycles. The molecular formula is C22H31N3O3S. The third kappa shape index (κ3) is 6.30. The van der Waals surface area contributed by atoms with Gasteiger partial charge in [-0.1, -0.05) is 30.7 Å². The molecule has 0 atom stereocenters. The molecule has 0 fully saturated rings. The van der Waals surface area contributed by atoms with Crippen LogP contribution in [0.2, 0.25) is 0 Å². The van der Waals surface area contributed by atoms with Crippen molar-refractivity contribution in [2.75, 3.05) is 38.5 Å². The normalized spacial score (nSPS) is 11.5. The summed E-state index contributed by atoms with van der Waals surface area (Å²) in [6, 6.07) is 12.0. The monoisotopic (exact) mass is 417 g/mol. The summed E-state index contributed by atoms with van der Waals surface area (Å²) in [5.74, 6) is -0.152. The van der Waals surface area contributed by atoms with Crippen LogP contribution >= 0.6 is 0 Å². The molecule has 0 radical (unpaired) electrons. The third-order valence-corrected chi connectivity index (χ3v) is 6.15. The second-order valence-electron chi connectivity index (χ2n) is 7.55. The maximum atomic E-state index is 13.0. The SMILES string of the molecule is CCCN(CCN(C)C)C(=O)c1ccc(C)c(S(=O)(=O)Nc2ccc(C)cc2)c1. The van der Waals surface area contributed by atoms with Gasteiger partial charge in [-0.2, -0.15) is 0 Å². The highest BCUT2D eigenvalue weighted by Gasteiger charge is 2.21. The fourth-order valence-corrected chi connectivity index (χ4v) is 4.27. The van der Waals surface area contributed by atoms with Crippen LogP contribution < -0.4 is 4.72 Å². The predicted molar refractivity (Wildman–Crippen MR) is 118 cm³/mol. The first-order valence-electron chi connectivity index (χ1n) is 9.78. The van der Waals surface area contributed by atoms with Gasteiger partial charge in [-0.05, 0) is 64.2 Å². The van der Waals surface area contributed by atoms with E-state index in [4.69, 9.17) is 0 Å². The molecule has 0 aromatic heterocycles. The van der Waals surface area contributed by atoms with E-state index >= 15 is 0 Å². The number of anilines is 1. The Morgan fingerprint density at radius 2 is 1.62 bits per heavy atom. The molecule has 0 heterocycles. The van der Waals surface area contributed by atoms with Gasteiger partial charge in [0, 0.05) is 30.9 Å². The number of hydrogen-bond acceptors (Lipinski definition) is 4. The number of amides is 1. The number of nitrogens with zero attached hydrogens (tertiary/aromatic N) is 2. The summed E-state index contributed by atoms with van der Waals surface area (Å²) in [5.41, 5.74) is 2.51. The van der Waals surface area contributed by atoms with Crippen LogP contribution in [0, 0.1) is 13.8 Å². The molecular weight excluding hydrogens is 386 g/mol. The van der Waals surface area contributed by atoms with E-state index in [9.17, 15) is 13.2 Å². The first-order chi connectivity index (χ1) is 13.6. The molecule has 0 aliphatic heterocycles. The van der Waals surface area contributed by atoms with Crippen LogP contribution in [0.1, 0.15) is 34.8 Å². The maximum absolute atomic E-state index is 13.0. The van der Waals surface area contributed by atoms with Gasteiger partial charge in [-0.15, -0.1) is 0 Å². The minimum absolute atomic E-state index is 0.119. The van der Waals surface area contributed by atoms with Crippen molar-refractivity contribution in [1.82, 2.24) is 9.80 Å². The topological polar surface area (TPSA) is 69.7 Å². The minimum Gasteiger partial charge on any atom is -0.337 e. The van der Waals surface area contributed by atoms with E-state index in [1.807, 2.05) is 45.0 Å². The standard InChI is InChI=1S/C22H31N3O3S/c1-6-13-25(15-14-24(4)5)22(26)19-10-9-18(3)21(16-19)29(27,28)23-20-11-7-17(2)8-12-20/h7-12,16,23H,6,13-15H2,1-5H3. The van der Waals surface area contributed by atoms with E-state index in [0.29, 0.717) is 29.9 Å². The first kappa shape index (κ1) is 22.9. The zero-order chi connectivity index (χ0) is 21.6. The van der Waals surface area contributed by atoms with Crippen molar-refractivity contribution in [3.8, 4) is 0 Å². The van der Waals surface area contributed by atoms with Gasteiger partial charge in [0.25, 0.3) is 15.9 Å². The van der Waals surface area contributed by atoms with Crippen LogP contribution in [0.4, 0.5) is 5.69 Å². The van der Waals surface area contributed by atoms with E-state index in [-0.39, 0.29) is 10.8 Å². The molecule has 1 N–H and O–H groups in total. The van der Waals surface area contributed by atoms with Gasteiger partial charge in [-0.3, -0.25) is 9.52 Å². The van der Waals surface area contributed by atoms with Gasteiger partial charge >= 0.3 is 0 Å². The summed E-state index contributed by atoms with van der Waals surface area (Å²) in [6.07, 6.45) is 0.838. The van der Waals surface area contributed by atoms with E-state index in [0.717, 1.165) is 18.5 Å². The highest BCUT2D eigenvalue weighted by molar-refractivity contribution is 7.92. The van der Waals surface area contributed by atoms with Crippen molar-refractivity contribution in [2.45, 2.75) is 32.1 Å². The van der Waals surface area contributed by atoms with Gasteiger partial charge < -0.3 is 9.80 Å². The first-order valence-corrected chi connectivity index (χ1v) is 11.3. The maximum Gasteiger partial charge on any atom is 0.262 e. The fourth-order valence-electron chi connectivity index (χ4n) is 2.94. The Hall–Kier alpha value is -2.38. The molecule has 0 saturated carbocycles. The number of rotatable bonds is 9. The lowest BCUT2D eigenvalue weighted by atomic mass is 10.1. The van der Waals surface area contributed by atoms with Gasteiger partial charge in [0.15, 0.2) is 0 Å². The lowest BCUT2D eigenvalue weighted by Gasteiger charge is -2.24. The quantitative estimate of drug-likeness (QED) is 0.678. The zero-order valence-electron chi connectivity index (χ0n) is 17.9. The van der Waals surface area contributed by atoms with Gasteiger partial charge in [0.05, 0.1) is 4.90 Å². The third-order valence-electron chi connectivity index (χ3n) is 4.63. The predicted octanol–water partition coefficient (Wildman–Crippen LogP) is 3.52. The van der Waals surface area contributed by atoms with Crippen LogP contribution in [0.5, 0.6) is 0 Å². The molecule has 0 unspecified atom stereocenters. The Bertz CT molecular complexity index is 938. The molecule has 0 spiro atoms. The van der Waals surface area contributed by atoms with Crippen molar-refractivity contribution in [3.05, 3.63) is 59.2 Å². The summed E-state index contributed by atoms with van der Waals surface area (Å²) in [4.78, 5) is 16.9. The number of likely N-dealkylation sites (N-methyl/N-ethyl adjacent to an activating group) is 1. The van der Waals surface area contributed by atoms with Crippen molar-refractivity contribution < 1.29 is 13.2 Å². The molecule has 7 heteroatoms. The molecule has 158 valence electrons. The van der Waals surface area contributed by atoms with E-state index in [1.54, 1.807) is 36.1 Å². The molecule has 2 rings (SSSR count). The number of nitrogens with one attached hydrogen (secondary N) is 1. The Kier molecular flexibility index (Phi) is 7.81. The number of aryl methyl sites for hydroxylation is 2. The smallest absolute Gasteiger partial charge is 0.262 e. The molecule has 2 aromatic carbocycles. The molecule has 0 aliphatic carbocycles. The van der Waals surface area contributed by atoms with Gasteiger partial charge in [0.1, 0.15) is 0 Å². The zero-order valence-corrected chi connectivity index (χ0v) is 18.7. The molecule has 0 bridgehead atoms. The van der Waals surface area contributed by atoms with Gasteiger partial charge in [-0.25, -0.2) is 8.42 Å². The average Bonchev–Trinajstić information content (AvgIpc) is 2.66.